The van der Waals surface area contributed by atoms with Gasteiger partial charge in [-0.2, -0.15) is 0 Å². The molecule has 2 saturated heterocycles. The first-order valence-electron chi connectivity index (χ1n) is 18.9. The van der Waals surface area contributed by atoms with E-state index in [0.717, 1.165) is 74.4 Å². The Morgan fingerprint density at radius 3 is 2.13 bits per heavy atom. The SMILES string of the molecule is CC/C(=C(\c1ccc(O)cc1)c1ccc(N2CCN(CCCCCOc3ccc4c(c3)C(=O)N(C3CCC(=O)NC3=O)C4=O)CC2)cc1)c1ccccc1. The second-order valence-corrected chi connectivity index (χ2v) is 14.1. The number of phenolic OH excluding ortho intramolecular Hbond substituents is 1. The highest BCUT2D eigenvalue weighted by molar-refractivity contribution is 6.23. The van der Waals surface area contributed by atoms with Gasteiger partial charge in [-0.3, -0.25) is 34.3 Å². The maximum atomic E-state index is 13.1. The first-order chi connectivity index (χ1) is 26.3. The maximum Gasteiger partial charge on any atom is 0.262 e. The van der Waals surface area contributed by atoms with E-state index in [1.165, 1.54) is 22.4 Å². The van der Waals surface area contributed by atoms with Crippen LogP contribution in [0, 0.1) is 0 Å². The van der Waals surface area contributed by atoms with Gasteiger partial charge in [0.1, 0.15) is 17.5 Å². The van der Waals surface area contributed by atoms with Gasteiger partial charge in [-0.15, -0.1) is 0 Å². The molecule has 0 radical (unpaired) electrons. The lowest BCUT2D eigenvalue weighted by molar-refractivity contribution is -0.136. The molecule has 4 aromatic carbocycles. The van der Waals surface area contributed by atoms with E-state index in [1.807, 2.05) is 18.2 Å². The molecule has 4 amide bonds. The number of nitrogens with zero attached hydrogens (tertiary/aromatic N) is 3. The standard InChI is InChI=1S/C44H46N4O6/c1-2-36(30-9-5-3-6-10-30)41(32-13-17-34(49)18-14-32)31-11-15-33(16-12-31)47-26-24-46(25-27-47)23-7-4-8-28-54-35-19-20-37-38(29-35)44(53)48(43(37)52)39-21-22-40(50)45-42(39)51/h3,5-6,9-20,29,39,49H,2,4,7-8,21-28H2,1H3,(H,45,50,51)/b41-36+. The molecule has 278 valence electrons. The smallest absolute Gasteiger partial charge is 0.262 e. The van der Waals surface area contributed by atoms with Crippen molar-refractivity contribution in [3.05, 3.63) is 125 Å². The van der Waals surface area contributed by atoms with Gasteiger partial charge < -0.3 is 14.7 Å². The average molecular weight is 727 g/mol. The molecular weight excluding hydrogens is 681 g/mol. The molecule has 1 atom stereocenters. The lowest BCUT2D eigenvalue weighted by atomic mass is 9.88. The van der Waals surface area contributed by atoms with Crippen LogP contribution in [0.1, 0.15) is 82.9 Å². The normalized spacial score (nSPS) is 18.1. The average Bonchev–Trinajstić information content (AvgIpc) is 3.44. The number of amides is 4. The third-order valence-corrected chi connectivity index (χ3v) is 10.6. The molecule has 0 spiro atoms. The molecule has 0 aromatic heterocycles. The van der Waals surface area contributed by atoms with Crippen molar-refractivity contribution < 1.29 is 29.0 Å². The number of carbonyl (C=O) groups is 4. The summed E-state index contributed by atoms with van der Waals surface area (Å²) < 4.78 is 5.94. The van der Waals surface area contributed by atoms with Crippen LogP contribution in [0.25, 0.3) is 11.1 Å². The van der Waals surface area contributed by atoms with Gasteiger partial charge in [0.2, 0.25) is 11.8 Å². The van der Waals surface area contributed by atoms with Crippen molar-refractivity contribution in [3.63, 3.8) is 0 Å². The van der Waals surface area contributed by atoms with E-state index in [0.29, 0.717) is 12.4 Å². The summed E-state index contributed by atoms with van der Waals surface area (Å²) in [6, 6.07) is 30.8. The first kappa shape index (κ1) is 36.6. The molecule has 4 aromatic rings. The highest BCUT2D eigenvalue weighted by Gasteiger charge is 2.44. The van der Waals surface area contributed by atoms with E-state index in [2.05, 4.69) is 70.6 Å². The van der Waals surface area contributed by atoms with Crippen LogP contribution < -0.4 is 15.0 Å². The number of ether oxygens (including phenoxy) is 1. The number of aromatic hydroxyl groups is 1. The Morgan fingerprint density at radius 2 is 1.44 bits per heavy atom. The summed E-state index contributed by atoms with van der Waals surface area (Å²) in [5.41, 5.74) is 7.59. The quantitative estimate of drug-likeness (QED) is 0.0907. The highest BCUT2D eigenvalue weighted by Crippen LogP contribution is 2.36. The van der Waals surface area contributed by atoms with Crippen molar-refractivity contribution in [1.29, 1.82) is 0 Å². The molecule has 2 fully saturated rings. The van der Waals surface area contributed by atoms with Crippen LogP contribution in [0.5, 0.6) is 11.5 Å². The Morgan fingerprint density at radius 1 is 0.759 bits per heavy atom. The van der Waals surface area contributed by atoms with Gasteiger partial charge in [0.25, 0.3) is 11.8 Å². The van der Waals surface area contributed by atoms with Gasteiger partial charge in [0.15, 0.2) is 0 Å². The van der Waals surface area contributed by atoms with Crippen LogP contribution in [0.4, 0.5) is 5.69 Å². The summed E-state index contributed by atoms with van der Waals surface area (Å²) in [6.45, 7) is 7.65. The molecule has 0 saturated carbocycles. The summed E-state index contributed by atoms with van der Waals surface area (Å²) in [5.74, 6) is -1.30. The molecule has 0 bridgehead atoms. The summed E-state index contributed by atoms with van der Waals surface area (Å²) in [5, 5.41) is 12.2. The van der Waals surface area contributed by atoms with E-state index in [-0.39, 0.29) is 29.7 Å². The number of phenols is 1. The summed E-state index contributed by atoms with van der Waals surface area (Å²) in [4.78, 5) is 55.8. The third kappa shape index (κ3) is 7.94. The highest BCUT2D eigenvalue weighted by atomic mass is 16.5. The van der Waals surface area contributed by atoms with Crippen molar-refractivity contribution >= 4 is 40.5 Å². The number of benzene rings is 4. The van der Waals surface area contributed by atoms with Crippen LogP contribution in [0.15, 0.2) is 97.1 Å². The lowest BCUT2D eigenvalue weighted by Gasteiger charge is -2.36. The monoisotopic (exact) mass is 726 g/mol. The molecular formula is C44H46N4O6. The van der Waals surface area contributed by atoms with Gasteiger partial charge in [0, 0.05) is 38.3 Å². The van der Waals surface area contributed by atoms with Crippen LogP contribution >= 0.6 is 0 Å². The molecule has 3 heterocycles. The van der Waals surface area contributed by atoms with E-state index in [1.54, 1.807) is 30.3 Å². The van der Waals surface area contributed by atoms with E-state index in [9.17, 15) is 24.3 Å². The Hall–Kier alpha value is -5.74. The first-order valence-corrected chi connectivity index (χ1v) is 18.9. The molecule has 10 heteroatoms. The van der Waals surface area contributed by atoms with Gasteiger partial charge in [-0.25, -0.2) is 0 Å². The predicted octanol–water partition coefficient (Wildman–Crippen LogP) is 6.53. The number of unbranched alkanes of at least 4 members (excludes halogenated alkanes) is 2. The van der Waals surface area contributed by atoms with Crippen molar-refractivity contribution in [2.75, 3.05) is 44.2 Å². The molecule has 54 heavy (non-hydrogen) atoms. The number of fused-ring (bicyclic) bond motifs is 1. The Labute approximate surface area is 316 Å². The number of piperazine rings is 1. The fourth-order valence-electron chi connectivity index (χ4n) is 7.72. The lowest BCUT2D eigenvalue weighted by Crippen LogP contribution is -2.54. The molecule has 2 N–H and O–H groups in total. The van der Waals surface area contributed by atoms with Crippen molar-refractivity contribution in [3.8, 4) is 11.5 Å². The van der Waals surface area contributed by atoms with Crippen molar-refractivity contribution in [1.82, 2.24) is 15.1 Å². The number of nitrogens with one attached hydrogen (secondary N) is 1. The van der Waals surface area contributed by atoms with E-state index in [4.69, 9.17) is 4.74 Å². The van der Waals surface area contributed by atoms with Gasteiger partial charge in [-0.05, 0) is 109 Å². The summed E-state index contributed by atoms with van der Waals surface area (Å²) in [6.07, 6.45) is 4.02. The largest absolute Gasteiger partial charge is 0.508 e. The number of anilines is 1. The number of hydrogen-bond donors (Lipinski definition) is 2. The van der Waals surface area contributed by atoms with Gasteiger partial charge in [0.05, 0.1) is 17.7 Å². The number of piperidine rings is 1. The van der Waals surface area contributed by atoms with Crippen molar-refractivity contribution in [2.24, 2.45) is 0 Å². The minimum atomic E-state index is -0.983. The molecule has 0 aliphatic carbocycles. The molecule has 3 aliphatic heterocycles. The number of carbonyl (C=O) groups excluding carboxylic acids is 4. The Balaban J connectivity index is 0.869. The number of hydrogen-bond acceptors (Lipinski definition) is 8. The molecule has 3 aliphatic rings. The fraction of sp³-hybridized carbons (Fsp3) is 0.318. The summed E-state index contributed by atoms with van der Waals surface area (Å²) in [7, 11) is 0. The van der Waals surface area contributed by atoms with E-state index < -0.39 is 29.7 Å². The third-order valence-electron chi connectivity index (χ3n) is 10.6. The Kier molecular flexibility index (Phi) is 11.2. The molecule has 7 rings (SSSR count). The minimum Gasteiger partial charge on any atom is -0.508 e. The maximum absolute atomic E-state index is 13.1. The molecule has 10 nitrogen and oxygen atoms in total. The van der Waals surface area contributed by atoms with Crippen LogP contribution in [0.2, 0.25) is 0 Å². The van der Waals surface area contributed by atoms with Gasteiger partial charge >= 0.3 is 0 Å². The second-order valence-electron chi connectivity index (χ2n) is 14.1. The second kappa shape index (κ2) is 16.5. The topological polar surface area (TPSA) is 119 Å². The minimum absolute atomic E-state index is 0.0855. The van der Waals surface area contributed by atoms with Crippen LogP contribution in [-0.4, -0.2) is 83.9 Å². The summed E-state index contributed by atoms with van der Waals surface area (Å²) >= 11 is 0. The zero-order valence-corrected chi connectivity index (χ0v) is 30.6. The number of rotatable bonds is 13. The number of imide groups is 2. The zero-order chi connectivity index (χ0) is 37.6. The Bertz CT molecular complexity index is 2040. The fourth-order valence-corrected chi connectivity index (χ4v) is 7.72. The van der Waals surface area contributed by atoms with Crippen LogP contribution in [0.3, 0.4) is 0 Å². The van der Waals surface area contributed by atoms with E-state index >= 15 is 0 Å². The van der Waals surface area contributed by atoms with Crippen molar-refractivity contribution in [2.45, 2.75) is 51.5 Å². The predicted molar refractivity (Wildman–Crippen MR) is 208 cm³/mol. The number of allylic oxidation sites excluding steroid dienone is 1. The van der Waals surface area contributed by atoms with Crippen LogP contribution in [-0.2, 0) is 9.59 Å². The molecule has 1 unspecified atom stereocenters. The van der Waals surface area contributed by atoms with Gasteiger partial charge in [-0.1, -0.05) is 61.5 Å². The zero-order valence-electron chi connectivity index (χ0n) is 30.6.